The molecule has 2 aromatic rings. The molecular formula is C15H11N3O3. The average Bonchev–Trinajstić information content (AvgIpc) is 2.47. The molecule has 0 saturated heterocycles. The van der Waals surface area contributed by atoms with E-state index in [-0.39, 0.29) is 11.3 Å². The zero-order valence-corrected chi connectivity index (χ0v) is 11.2. The summed E-state index contributed by atoms with van der Waals surface area (Å²) in [6.45, 7) is 1.75. The highest BCUT2D eigenvalue weighted by atomic mass is 16.6. The van der Waals surface area contributed by atoms with E-state index >= 15 is 0 Å². The Morgan fingerprint density at radius 1 is 1.29 bits per heavy atom. The number of benzene rings is 2. The molecule has 0 aliphatic rings. The molecule has 2 rings (SSSR count). The first-order valence-corrected chi connectivity index (χ1v) is 6.08. The number of nitrogens with one attached hydrogen (secondary N) is 1. The number of amides is 1. The molecule has 21 heavy (non-hydrogen) atoms. The van der Waals surface area contributed by atoms with E-state index in [4.69, 9.17) is 5.26 Å². The Morgan fingerprint density at radius 2 is 2.05 bits per heavy atom. The van der Waals surface area contributed by atoms with Crippen LogP contribution in [0.1, 0.15) is 21.5 Å². The van der Waals surface area contributed by atoms with E-state index in [2.05, 4.69) is 5.32 Å². The van der Waals surface area contributed by atoms with Crippen LogP contribution in [0, 0.1) is 28.4 Å². The number of nitrogens with zero attached hydrogens (tertiary/aromatic N) is 2. The van der Waals surface area contributed by atoms with Gasteiger partial charge >= 0.3 is 0 Å². The number of hydrogen-bond acceptors (Lipinski definition) is 4. The van der Waals surface area contributed by atoms with E-state index in [9.17, 15) is 14.9 Å². The summed E-state index contributed by atoms with van der Waals surface area (Å²) in [7, 11) is 0. The minimum absolute atomic E-state index is 0.0117. The zero-order valence-electron chi connectivity index (χ0n) is 11.2. The number of aryl methyl sites for hydroxylation is 1. The fourth-order valence-corrected chi connectivity index (χ4v) is 1.86. The first-order valence-electron chi connectivity index (χ1n) is 6.08. The fraction of sp³-hybridized carbons (Fsp3) is 0.0667. The van der Waals surface area contributed by atoms with Gasteiger partial charge in [-0.15, -0.1) is 0 Å². The van der Waals surface area contributed by atoms with Crippen molar-refractivity contribution in [3.05, 3.63) is 69.3 Å². The lowest BCUT2D eigenvalue weighted by atomic mass is 10.1. The van der Waals surface area contributed by atoms with Crippen molar-refractivity contribution in [3.8, 4) is 6.07 Å². The van der Waals surface area contributed by atoms with Gasteiger partial charge in [-0.1, -0.05) is 12.1 Å². The summed E-state index contributed by atoms with van der Waals surface area (Å²) in [5.74, 6) is -0.583. The molecule has 0 fully saturated rings. The molecule has 0 aliphatic heterocycles. The van der Waals surface area contributed by atoms with Gasteiger partial charge in [0.2, 0.25) is 0 Å². The molecule has 0 spiro atoms. The Labute approximate surface area is 120 Å². The quantitative estimate of drug-likeness (QED) is 0.690. The molecule has 0 heterocycles. The van der Waals surface area contributed by atoms with Crippen molar-refractivity contribution < 1.29 is 9.72 Å². The first kappa shape index (κ1) is 14.2. The third-order valence-corrected chi connectivity index (χ3v) is 2.84. The molecule has 104 valence electrons. The minimum Gasteiger partial charge on any atom is -0.322 e. The van der Waals surface area contributed by atoms with Gasteiger partial charge in [0.15, 0.2) is 0 Å². The monoisotopic (exact) mass is 281 g/mol. The van der Waals surface area contributed by atoms with Gasteiger partial charge in [0.25, 0.3) is 11.6 Å². The summed E-state index contributed by atoms with van der Waals surface area (Å²) in [4.78, 5) is 22.6. The molecule has 6 nitrogen and oxygen atoms in total. The summed E-state index contributed by atoms with van der Waals surface area (Å²) < 4.78 is 0. The van der Waals surface area contributed by atoms with Crippen LogP contribution in [0.3, 0.4) is 0 Å². The van der Waals surface area contributed by atoms with Gasteiger partial charge in [0, 0.05) is 11.8 Å². The maximum atomic E-state index is 12.2. The Bertz CT molecular complexity index is 763. The number of hydrogen-bond donors (Lipinski definition) is 1. The first-order chi connectivity index (χ1) is 10.0. The van der Waals surface area contributed by atoms with Gasteiger partial charge in [-0.05, 0) is 36.8 Å². The van der Waals surface area contributed by atoms with Crippen molar-refractivity contribution in [1.29, 1.82) is 5.26 Å². The highest BCUT2D eigenvalue weighted by molar-refractivity contribution is 6.07. The summed E-state index contributed by atoms with van der Waals surface area (Å²) >= 11 is 0. The van der Waals surface area contributed by atoms with E-state index in [1.54, 1.807) is 31.2 Å². The highest BCUT2D eigenvalue weighted by Crippen LogP contribution is 2.21. The second-order valence-corrected chi connectivity index (χ2v) is 4.42. The third-order valence-electron chi connectivity index (χ3n) is 2.84. The van der Waals surface area contributed by atoms with E-state index in [0.717, 1.165) is 5.56 Å². The number of nitriles is 1. The molecule has 1 N–H and O–H groups in total. The average molecular weight is 281 g/mol. The predicted molar refractivity (Wildman–Crippen MR) is 76.9 cm³/mol. The zero-order chi connectivity index (χ0) is 15.4. The molecular weight excluding hydrogens is 270 g/mol. The van der Waals surface area contributed by atoms with Crippen molar-refractivity contribution in [3.63, 3.8) is 0 Å². The van der Waals surface area contributed by atoms with Crippen LogP contribution in [0.25, 0.3) is 0 Å². The standard InChI is InChI=1S/C15H11N3O3/c1-10-5-6-14(18(20)21)13(7-10)15(19)17-12-4-2-3-11(8-12)9-16/h2-8H,1H3,(H,17,19). The molecule has 0 radical (unpaired) electrons. The molecule has 0 aromatic heterocycles. The van der Waals surface area contributed by atoms with Crippen LogP contribution >= 0.6 is 0 Å². The van der Waals surface area contributed by atoms with Crippen molar-refractivity contribution in [2.75, 3.05) is 5.32 Å². The Kier molecular flexibility index (Phi) is 3.95. The smallest absolute Gasteiger partial charge is 0.282 e. The van der Waals surface area contributed by atoms with Gasteiger partial charge in [0.05, 0.1) is 16.6 Å². The lowest BCUT2D eigenvalue weighted by Gasteiger charge is -2.07. The van der Waals surface area contributed by atoms with Gasteiger partial charge in [-0.2, -0.15) is 5.26 Å². The summed E-state index contributed by atoms with van der Waals surface area (Å²) in [5, 5.41) is 22.3. The van der Waals surface area contributed by atoms with Gasteiger partial charge in [0.1, 0.15) is 5.56 Å². The molecule has 0 saturated carbocycles. The van der Waals surface area contributed by atoms with E-state index in [0.29, 0.717) is 11.3 Å². The van der Waals surface area contributed by atoms with Crippen molar-refractivity contribution in [1.82, 2.24) is 0 Å². The summed E-state index contributed by atoms with van der Waals surface area (Å²) in [6.07, 6.45) is 0. The van der Waals surface area contributed by atoms with Crippen molar-refractivity contribution in [2.24, 2.45) is 0 Å². The minimum atomic E-state index is -0.597. The van der Waals surface area contributed by atoms with Crippen LogP contribution in [-0.4, -0.2) is 10.8 Å². The number of anilines is 1. The van der Waals surface area contributed by atoms with Crippen molar-refractivity contribution >= 4 is 17.3 Å². The third kappa shape index (κ3) is 3.22. The Balaban J connectivity index is 2.34. The maximum Gasteiger partial charge on any atom is 0.282 e. The van der Waals surface area contributed by atoms with Gasteiger partial charge in [-0.25, -0.2) is 0 Å². The fourth-order valence-electron chi connectivity index (χ4n) is 1.86. The second kappa shape index (κ2) is 5.84. The Hall–Kier alpha value is -3.20. The Morgan fingerprint density at radius 3 is 2.71 bits per heavy atom. The molecule has 0 atom stereocenters. The van der Waals surface area contributed by atoms with Crippen LogP contribution in [0.4, 0.5) is 11.4 Å². The van der Waals surface area contributed by atoms with Crippen LogP contribution in [0.2, 0.25) is 0 Å². The van der Waals surface area contributed by atoms with Crippen LogP contribution in [0.5, 0.6) is 0 Å². The normalized spacial score (nSPS) is 9.71. The topological polar surface area (TPSA) is 96.0 Å². The summed E-state index contributed by atoms with van der Waals surface area (Å²) in [6, 6.07) is 12.6. The predicted octanol–water partition coefficient (Wildman–Crippen LogP) is 3.03. The van der Waals surface area contributed by atoms with Crippen LogP contribution in [0.15, 0.2) is 42.5 Å². The van der Waals surface area contributed by atoms with E-state index in [1.165, 1.54) is 18.2 Å². The molecule has 0 aliphatic carbocycles. The van der Waals surface area contributed by atoms with Crippen LogP contribution < -0.4 is 5.32 Å². The van der Waals surface area contributed by atoms with Crippen LogP contribution in [-0.2, 0) is 0 Å². The number of carbonyl (C=O) groups excluding carboxylic acids is 1. The number of nitro benzene ring substituents is 1. The maximum absolute atomic E-state index is 12.2. The summed E-state index contributed by atoms with van der Waals surface area (Å²) in [5.41, 5.74) is 1.29. The lowest BCUT2D eigenvalue weighted by Crippen LogP contribution is -2.14. The second-order valence-electron chi connectivity index (χ2n) is 4.42. The number of carbonyl (C=O) groups is 1. The lowest BCUT2D eigenvalue weighted by molar-refractivity contribution is -0.385. The number of rotatable bonds is 3. The van der Waals surface area contributed by atoms with Gasteiger partial charge < -0.3 is 5.32 Å². The van der Waals surface area contributed by atoms with Crippen molar-refractivity contribution in [2.45, 2.75) is 6.92 Å². The molecule has 0 unspecified atom stereocenters. The highest BCUT2D eigenvalue weighted by Gasteiger charge is 2.20. The largest absolute Gasteiger partial charge is 0.322 e. The number of nitro groups is 1. The molecule has 6 heteroatoms. The molecule has 0 bridgehead atoms. The van der Waals surface area contributed by atoms with E-state index in [1.807, 2.05) is 6.07 Å². The van der Waals surface area contributed by atoms with E-state index < -0.39 is 10.8 Å². The molecule has 1 amide bonds. The molecule has 2 aromatic carbocycles. The SMILES string of the molecule is Cc1ccc([N+](=O)[O-])c(C(=O)Nc2cccc(C#N)c2)c1. The van der Waals surface area contributed by atoms with Gasteiger partial charge in [-0.3, -0.25) is 14.9 Å².